The fourth-order valence-electron chi connectivity index (χ4n) is 5.86. The van der Waals surface area contributed by atoms with E-state index >= 15 is 0 Å². The van der Waals surface area contributed by atoms with Gasteiger partial charge in [-0.15, -0.1) is 11.8 Å². The maximum Gasteiger partial charge on any atom is 0.256 e. The van der Waals surface area contributed by atoms with Gasteiger partial charge in [-0.05, 0) is 38.7 Å². The highest BCUT2D eigenvalue weighted by molar-refractivity contribution is 7.99. The molecular formula is C25H35N3O2S. The van der Waals surface area contributed by atoms with Crippen LogP contribution in [-0.4, -0.2) is 63.7 Å². The van der Waals surface area contributed by atoms with Gasteiger partial charge in [0.1, 0.15) is 5.75 Å². The van der Waals surface area contributed by atoms with Gasteiger partial charge in [-0.25, -0.2) is 0 Å². The summed E-state index contributed by atoms with van der Waals surface area (Å²) in [5, 5.41) is 1.03. The fraction of sp³-hybridized carbons (Fsp3) is 0.640. The van der Waals surface area contributed by atoms with E-state index in [0.717, 1.165) is 53.5 Å². The SMILES string of the molecule is COc1cccc2c(C(=O)N3C[C@]4(C)CSCN4C[C@@H]3C)cn(CC3CCCCC3)c12. The number of hydrogen-bond donors (Lipinski definition) is 0. The van der Waals surface area contributed by atoms with Crippen molar-refractivity contribution in [2.75, 3.05) is 31.8 Å². The van der Waals surface area contributed by atoms with Crippen molar-refractivity contribution in [1.29, 1.82) is 0 Å². The minimum atomic E-state index is 0.0883. The molecule has 3 heterocycles. The van der Waals surface area contributed by atoms with Gasteiger partial charge in [-0.1, -0.05) is 31.4 Å². The molecule has 168 valence electrons. The van der Waals surface area contributed by atoms with Crippen LogP contribution in [0.3, 0.4) is 0 Å². The molecule has 2 aliphatic heterocycles. The Kier molecular flexibility index (Phi) is 5.72. The second-order valence-electron chi connectivity index (χ2n) is 10.0. The Morgan fingerprint density at radius 3 is 2.84 bits per heavy atom. The van der Waals surface area contributed by atoms with Crippen LogP contribution in [0.2, 0.25) is 0 Å². The van der Waals surface area contributed by atoms with Crippen LogP contribution in [0.4, 0.5) is 0 Å². The maximum atomic E-state index is 13.9. The van der Waals surface area contributed by atoms with E-state index in [4.69, 9.17) is 4.74 Å². The number of benzene rings is 1. The smallest absolute Gasteiger partial charge is 0.256 e. The van der Waals surface area contributed by atoms with E-state index in [2.05, 4.69) is 40.5 Å². The molecule has 1 saturated carbocycles. The molecule has 0 bridgehead atoms. The van der Waals surface area contributed by atoms with Gasteiger partial charge < -0.3 is 14.2 Å². The van der Waals surface area contributed by atoms with E-state index in [-0.39, 0.29) is 17.5 Å². The number of amides is 1. The Bertz CT molecular complexity index is 967. The highest BCUT2D eigenvalue weighted by atomic mass is 32.2. The van der Waals surface area contributed by atoms with Gasteiger partial charge in [0.15, 0.2) is 0 Å². The molecule has 5 nitrogen and oxygen atoms in total. The Labute approximate surface area is 190 Å². The number of fused-ring (bicyclic) bond motifs is 2. The first kappa shape index (κ1) is 21.2. The topological polar surface area (TPSA) is 37.7 Å². The molecule has 0 N–H and O–H groups in total. The molecule has 1 aliphatic carbocycles. The van der Waals surface area contributed by atoms with Gasteiger partial charge in [0.05, 0.1) is 18.2 Å². The van der Waals surface area contributed by atoms with Crippen molar-refractivity contribution in [3.63, 3.8) is 0 Å². The first-order valence-corrected chi connectivity index (χ1v) is 13.0. The lowest BCUT2D eigenvalue weighted by Gasteiger charge is -2.48. The van der Waals surface area contributed by atoms with Gasteiger partial charge in [0, 0.05) is 54.4 Å². The average Bonchev–Trinajstić information content (AvgIpc) is 3.34. The summed E-state index contributed by atoms with van der Waals surface area (Å²) in [6.07, 6.45) is 8.70. The number of ether oxygens (including phenoxy) is 1. The Balaban J connectivity index is 1.51. The Morgan fingerprint density at radius 1 is 1.26 bits per heavy atom. The number of para-hydroxylation sites is 1. The van der Waals surface area contributed by atoms with Gasteiger partial charge >= 0.3 is 0 Å². The number of carbonyl (C=O) groups is 1. The number of piperazine rings is 1. The predicted octanol–water partition coefficient (Wildman–Crippen LogP) is 4.84. The largest absolute Gasteiger partial charge is 0.495 e. The lowest BCUT2D eigenvalue weighted by molar-refractivity contribution is 0.0121. The molecule has 0 radical (unpaired) electrons. The van der Waals surface area contributed by atoms with Crippen LogP contribution in [0, 0.1) is 5.92 Å². The second-order valence-corrected chi connectivity index (χ2v) is 11.0. The van der Waals surface area contributed by atoms with Crippen LogP contribution in [0.15, 0.2) is 24.4 Å². The van der Waals surface area contributed by atoms with Crippen LogP contribution in [0.5, 0.6) is 5.75 Å². The summed E-state index contributed by atoms with van der Waals surface area (Å²) >= 11 is 1.99. The van der Waals surface area contributed by atoms with Gasteiger partial charge in [0.2, 0.25) is 0 Å². The third-order valence-corrected chi connectivity index (χ3v) is 9.02. The lowest BCUT2D eigenvalue weighted by atomic mass is 9.89. The minimum absolute atomic E-state index is 0.0883. The monoisotopic (exact) mass is 441 g/mol. The van der Waals surface area contributed by atoms with Crippen molar-refractivity contribution in [2.45, 2.75) is 64.1 Å². The molecule has 3 aliphatic rings. The van der Waals surface area contributed by atoms with Crippen LogP contribution in [0.1, 0.15) is 56.3 Å². The van der Waals surface area contributed by atoms with E-state index in [1.165, 1.54) is 32.1 Å². The second kappa shape index (κ2) is 8.36. The molecule has 2 atom stereocenters. The number of aromatic nitrogens is 1. The molecule has 1 aromatic heterocycles. The molecule has 3 fully saturated rings. The average molecular weight is 442 g/mol. The zero-order valence-electron chi connectivity index (χ0n) is 19.1. The molecular weight excluding hydrogens is 406 g/mol. The van der Waals surface area contributed by atoms with Gasteiger partial charge in [-0.2, -0.15) is 0 Å². The lowest BCUT2D eigenvalue weighted by Crippen LogP contribution is -2.63. The summed E-state index contributed by atoms with van der Waals surface area (Å²) in [6.45, 7) is 7.25. The van der Waals surface area contributed by atoms with Crippen molar-refractivity contribution in [1.82, 2.24) is 14.4 Å². The summed E-state index contributed by atoms with van der Waals surface area (Å²) in [4.78, 5) is 18.6. The Hall–Kier alpha value is -1.66. The molecule has 2 aromatic rings. The number of nitrogens with zero attached hydrogens (tertiary/aromatic N) is 3. The van der Waals surface area contributed by atoms with Crippen molar-refractivity contribution >= 4 is 28.6 Å². The van der Waals surface area contributed by atoms with Crippen LogP contribution in [0.25, 0.3) is 10.9 Å². The highest BCUT2D eigenvalue weighted by Crippen LogP contribution is 2.38. The number of rotatable bonds is 4. The quantitative estimate of drug-likeness (QED) is 0.680. The summed E-state index contributed by atoms with van der Waals surface area (Å²) < 4.78 is 8.05. The molecule has 5 rings (SSSR count). The normalized spacial score (nSPS) is 27.6. The number of hydrogen-bond acceptors (Lipinski definition) is 4. The zero-order valence-corrected chi connectivity index (χ0v) is 19.9. The summed E-state index contributed by atoms with van der Waals surface area (Å²) in [5.41, 5.74) is 2.00. The summed E-state index contributed by atoms with van der Waals surface area (Å²) in [5.74, 6) is 3.91. The van der Waals surface area contributed by atoms with Crippen molar-refractivity contribution in [3.05, 3.63) is 30.0 Å². The molecule has 0 spiro atoms. The standard InChI is InChI=1S/C25H35N3O2S/c1-18-12-27-17-31-16-25(27,2)15-28(18)24(29)21-14-26(13-19-8-5-4-6-9-19)23-20(21)10-7-11-22(23)30-3/h7,10-11,14,18-19H,4-6,8-9,12-13,15-17H2,1-3H3/t18-,25+/m0/s1. The van der Waals surface area contributed by atoms with Crippen molar-refractivity contribution < 1.29 is 9.53 Å². The number of thioether (sulfide) groups is 1. The van der Waals surface area contributed by atoms with Crippen molar-refractivity contribution in [2.24, 2.45) is 5.92 Å². The number of carbonyl (C=O) groups excluding carboxylic acids is 1. The van der Waals surface area contributed by atoms with Crippen LogP contribution in [-0.2, 0) is 6.54 Å². The van der Waals surface area contributed by atoms with Crippen LogP contribution >= 0.6 is 11.8 Å². The molecule has 2 saturated heterocycles. The highest BCUT2D eigenvalue weighted by Gasteiger charge is 2.45. The van der Waals surface area contributed by atoms with Gasteiger partial charge in [-0.3, -0.25) is 9.69 Å². The van der Waals surface area contributed by atoms with E-state index in [0.29, 0.717) is 5.92 Å². The number of methoxy groups -OCH3 is 1. The third-order valence-electron chi connectivity index (χ3n) is 7.70. The molecule has 0 unspecified atom stereocenters. The Morgan fingerprint density at radius 2 is 2.06 bits per heavy atom. The maximum absolute atomic E-state index is 13.9. The predicted molar refractivity (Wildman–Crippen MR) is 128 cm³/mol. The molecule has 1 amide bonds. The molecule has 1 aromatic carbocycles. The van der Waals surface area contributed by atoms with Crippen molar-refractivity contribution in [3.8, 4) is 5.75 Å². The van der Waals surface area contributed by atoms with E-state index in [1.54, 1.807) is 7.11 Å². The van der Waals surface area contributed by atoms with E-state index in [9.17, 15) is 4.79 Å². The summed E-state index contributed by atoms with van der Waals surface area (Å²) in [6, 6.07) is 6.35. The third kappa shape index (κ3) is 3.76. The van der Waals surface area contributed by atoms with E-state index in [1.807, 2.05) is 23.9 Å². The van der Waals surface area contributed by atoms with Crippen LogP contribution < -0.4 is 4.74 Å². The minimum Gasteiger partial charge on any atom is -0.495 e. The molecule has 31 heavy (non-hydrogen) atoms. The van der Waals surface area contributed by atoms with Gasteiger partial charge in [0.25, 0.3) is 5.91 Å². The zero-order chi connectivity index (χ0) is 21.6. The molecule has 6 heteroatoms. The summed E-state index contributed by atoms with van der Waals surface area (Å²) in [7, 11) is 1.73. The first-order chi connectivity index (χ1) is 15.0. The van der Waals surface area contributed by atoms with E-state index < -0.39 is 0 Å². The first-order valence-electron chi connectivity index (χ1n) is 11.8. The fourth-order valence-corrected chi connectivity index (χ4v) is 7.30.